The van der Waals surface area contributed by atoms with Crippen molar-refractivity contribution in [1.29, 1.82) is 0 Å². The summed E-state index contributed by atoms with van der Waals surface area (Å²) in [5, 5.41) is 0.542. The van der Waals surface area contributed by atoms with E-state index in [0.717, 1.165) is 0 Å². The lowest BCUT2D eigenvalue weighted by atomic mass is 9.99. The third kappa shape index (κ3) is 2.76. The number of nitrogens with two attached hydrogens (primary N) is 2. The van der Waals surface area contributed by atoms with Gasteiger partial charge in [-0.1, -0.05) is 18.5 Å². The smallest absolute Gasteiger partial charge is 0.143 e. The molecule has 0 aromatic heterocycles. The zero-order valence-corrected chi connectivity index (χ0v) is 10.9. The Kier molecular flexibility index (Phi) is 3.78. The first-order valence-corrected chi connectivity index (χ1v) is 6.20. The molecule has 4 N–H and O–H groups in total. The van der Waals surface area contributed by atoms with Gasteiger partial charge >= 0.3 is 0 Å². The summed E-state index contributed by atoms with van der Waals surface area (Å²) in [4.78, 5) is 0. The van der Waals surface area contributed by atoms with E-state index >= 15 is 0 Å². The molecule has 0 aliphatic heterocycles. The molecule has 0 bridgehead atoms. The van der Waals surface area contributed by atoms with Gasteiger partial charge in [0.1, 0.15) is 17.3 Å². The standard InChI is InChI=1S/C13H16ClFN2O/c1-7-4-8(15)2-3-12(7)18-13-6-11(17)10(16)5-9(13)14/h2-3,6-7,10H,4-5,16-17H2,1H3. The maximum atomic E-state index is 13.1. The maximum Gasteiger partial charge on any atom is 0.143 e. The summed E-state index contributed by atoms with van der Waals surface area (Å²) in [7, 11) is 0. The summed E-state index contributed by atoms with van der Waals surface area (Å²) in [5.74, 6) is 1.03. The highest BCUT2D eigenvalue weighted by Gasteiger charge is 2.22. The van der Waals surface area contributed by atoms with Crippen molar-refractivity contribution >= 4 is 11.6 Å². The molecule has 0 radical (unpaired) electrons. The number of halogens is 2. The second-order valence-electron chi connectivity index (χ2n) is 4.61. The zero-order valence-electron chi connectivity index (χ0n) is 10.1. The first-order chi connectivity index (χ1) is 8.47. The molecule has 0 saturated carbocycles. The summed E-state index contributed by atoms with van der Waals surface area (Å²) in [6.07, 6.45) is 5.48. The van der Waals surface area contributed by atoms with Gasteiger partial charge in [0.15, 0.2) is 0 Å². The van der Waals surface area contributed by atoms with Crippen molar-refractivity contribution < 1.29 is 9.13 Å². The molecule has 0 aromatic rings. The van der Waals surface area contributed by atoms with Crippen LogP contribution in [0.2, 0.25) is 0 Å². The lowest BCUT2D eigenvalue weighted by Gasteiger charge is -2.24. The monoisotopic (exact) mass is 270 g/mol. The minimum Gasteiger partial charge on any atom is -0.460 e. The molecule has 0 spiro atoms. The van der Waals surface area contributed by atoms with Gasteiger partial charge in [-0.15, -0.1) is 0 Å². The van der Waals surface area contributed by atoms with E-state index in [0.29, 0.717) is 35.1 Å². The molecule has 0 amide bonds. The summed E-state index contributed by atoms with van der Waals surface area (Å²) >= 11 is 6.10. The minimum absolute atomic E-state index is 0.0165. The van der Waals surface area contributed by atoms with E-state index in [2.05, 4.69) is 0 Å². The Morgan fingerprint density at radius 1 is 1.39 bits per heavy atom. The van der Waals surface area contributed by atoms with Gasteiger partial charge in [-0.05, 0) is 12.2 Å². The lowest BCUT2D eigenvalue weighted by Crippen LogP contribution is -2.30. The Balaban J connectivity index is 2.18. The molecular weight excluding hydrogens is 255 g/mol. The third-order valence-electron chi connectivity index (χ3n) is 3.04. The lowest BCUT2D eigenvalue weighted by molar-refractivity contribution is 0.258. The molecule has 3 nitrogen and oxygen atoms in total. The van der Waals surface area contributed by atoms with Gasteiger partial charge in [0.2, 0.25) is 0 Å². The first-order valence-electron chi connectivity index (χ1n) is 5.82. The van der Waals surface area contributed by atoms with Crippen molar-refractivity contribution in [2.45, 2.75) is 25.8 Å². The summed E-state index contributed by atoms with van der Waals surface area (Å²) in [6.45, 7) is 1.90. The van der Waals surface area contributed by atoms with Crippen molar-refractivity contribution in [3.05, 3.63) is 46.3 Å². The van der Waals surface area contributed by atoms with Crippen molar-refractivity contribution in [3.8, 4) is 0 Å². The Bertz CT molecular complexity index is 479. The average molecular weight is 271 g/mol. The average Bonchev–Trinajstić information content (AvgIpc) is 2.29. The van der Waals surface area contributed by atoms with Gasteiger partial charge in [-0.25, -0.2) is 4.39 Å². The van der Waals surface area contributed by atoms with E-state index in [1.54, 1.807) is 12.2 Å². The minimum atomic E-state index is -0.264. The van der Waals surface area contributed by atoms with E-state index in [9.17, 15) is 4.39 Å². The number of ether oxygens (including phenoxy) is 1. The van der Waals surface area contributed by atoms with Crippen molar-refractivity contribution in [2.75, 3.05) is 0 Å². The van der Waals surface area contributed by atoms with Gasteiger partial charge in [0, 0.05) is 36.6 Å². The molecule has 18 heavy (non-hydrogen) atoms. The zero-order chi connectivity index (χ0) is 13.3. The number of rotatable bonds is 2. The SMILES string of the molecule is CC1CC(F)=CC=C1OC1=C(Cl)CC(N)C(N)=C1. The first kappa shape index (κ1) is 13.2. The summed E-state index contributed by atoms with van der Waals surface area (Å²) in [5.41, 5.74) is 12.1. The van der Waals surface area contributed by atoms with Crippen LogP contribution in [0.5, 0.6) is 0 Å². The van der Waals surface area contributed by atoms with Crippen molar-refractivity contribution in [2.24, 2.45) is 17.4 Å². The fraction of sp³-hybridized carbons (Fsp3) is 0.385. The largest absolute Gasteiger partial charge is 0.460 e. The van der Waals surface area contributed by atoms with Gasteiger partial charge < -0.3 is 16.2 Å². The van der Waals surface area contributed by atoms with Crippen LogP contribution in [-0.2, 0) is 4.74 Å². The normalized spacial score (nSPS) is 28.6. The Hall–Kier alpha value is -1.26. The summed E-state index contributed by atoms with van der Waals surface area (Å²) < 4.78 is 18.8. The van der Waals surface area contributed by atoms with Crippen LogP contribution < -0.4 is 11.5 Å². The fourth-order valence-electron chi connectivity index (χ4n) is 1.89. The molecule has 2 aliphatic carbocycles. The van der Waals surface area contributed by atoms with Gasteiger partial charge in [-0.2, -0.15) is 0 Å². The van der Waals surface area contributed by atoms with Crippen LogP contribution in [0.3, 0.4) is 0 Å². The molecular formula is C13H16ClFN2O. The second-order valence-corrected chi connectivity index (χ2v) is 5.07. The van der Waals surface area contributed by atoms with Crippen LogP contribution in [0, 0.1) is 5.92 Å². The predicted octanol–water partition coefficient (Wildman–Crippen LogP) is 2.80. The van der Waals surface area contributed by atoms with Gasteiger partial charge in [0.05, 0.1) is 5.03 Å². The molecule has 2 unspecified atom stereocenters. The fourth-order valence-corrected chi connectivity index (χ4v) is 2.15. The summed E-state index contributed by atoms with van der Waals surface area (Å²) in [6, 6.07) is -0.264. The quantitative estimate of drug-likeness (QED) is 0.811. The van der Waals surface area contributed by atoms with Crippen LogP contribution in [0.15, 0.2) is 46.3 Å². The molecule has 0 aromatic carbocycles. The highest BCUT2D eigenvalue weighted by Crippen LogP contribution is 2.32. The highest BCUT2D eigenvalue weighted by molar-refractivity contribution is 6.30. The van der Waals surface area contributed by atoms with E-state index in [-0.39, 0.29) is 17.8 Å². The van der Waals surface area contributed by atoms with Gasteiger partial charge in [-0.3, -0.25) is 0 Å². The molecule has 5 heteroatoms. The van der Waals surface area contributed by atoms with E-state index in [1.165, 1.54) is 6.08 Å². The number of hydrogen-bond acceptors (Lipinski definition) is 3. The van der Waals surface area contributed by atoms with E-state index in [4.69, 9.17) is 27.8 Å². The molecule has 0 fully saturated rings. The Morgan fingerprint density at radius 3 is 2.78 bits per heavy atom. The molecule has 2 aliphatic rings. The predicted molar refractivity (Wildman–Crippen MR) is 69.9 cm³/mol. The van der Waals surface area contributed by atoms with Crippen molar-refractivity contribution in [3.63, 3.8) is 0 Å². The maximum absolute atomic E-state index is 13.1. The molecule has 2 rings (SSSR count). The third-order valence-corrected chi connectivity index (χ3v) is 3.38. The van der Waals surface area contributed by atoms with Crippen LogP contribution >= 0.6 is 11.6 Å². The number of hydrogen-bond donors (Lipinski definition) is 2. The molecule has 0 heterocycles. The number of allylic oxidation sites excluding steroid dienone is 5. The van der Waals surface area contributed by atoms with Crippen LogP contribution in [-0.4, -0.2) is 6.04 Å². The van der Waals surface area contributed by atoms with Crippen LogP contribution in [0.25, 0.3) is 0 Å². The molecule has 0 saturated heterocycles. The molecule has 98 valence electrons. The van der Waals surface area contributed by atoms with E-state index in [1.807, 2.05) is 6.92 Å². The van der Waals surface area contributed by atoms with Gasteiger partial charge in [0.25, 0.3) is 0 Å². The van der Waals surface area contributed by atoms with Crippen molar-refractivity contribution in [1.82, 2.24) is 0 Å². The molecule has 2 atom stereocenters. The Morgan fingerprint density at radius 2 is 2.11 bits per heavy atom. The topological polar surface area (TPSA) is 61.3 Å². The van der Waals surface area contributed by atoms with Crippen LogP contribution in [0.1, 0.15) is 19.8 Å². The Labute approximate surface area is 111 Å². The highest BCUT2D eigenvalue weighted by atomic mass is 35.5. The second kappa shape index (κ2) is 5.16. The van der Waals surface area contributed by atoms with E-state index < -0.39 is 0 Å². The van der Waals surface area contributed by atoms with Crippen LogP contribution in [0.4, 0.5) is 4.39 Å².